The largest absolute Gasteiger partial charge is 0.497 e. The van der Waals surface area contributed by atoms with Crippen LogP contribution in [-0.4, -0.2) is 38.3 Å². The van der Waals surface area contributed by atoms with E-state index < -0.39 is 0 Å². The van der Waals surface area contributed by atoms with E-state index in [-0.39, 0.29) is 0 Å². The predicted octanol–water partition coefficient (Wildman–Crippen LogP) is 5.51. The van der Waals surface area contributed by atoms with E-state index >= 15 is 0 Å². The molecule has 3 heteroatoms. The second-order valence-corrected chi connectivity index (χ2v) is 7.25. The van der Waals surface area contributed by atoms with Crippen LogP contribution in [0.3, 0.4) is 0 Å². The Morgan fingerprint density at radius 1 is 0.778 bits per heavy atom. The van der Waals surface area contributed by atoms with Gasteiger partial charge in [-0.25, -0.2) is 0 Å². The van der Waals surface area contributed by atoms with Crippen LogP contribution in [0.25, 0.3) is 11.1 Å². The average molecular weight is 366 g/mol. The van der Waals surface area contributed by atoms with Crippen LogP contribution in [0.5, 0.6) is 11.5 Å². The minimum Gasteiger partial charge on any atom is -0.497 e. The lowest BCUT2D eigenvalue weighted by atomic mass is 9.97. The van der Waals surface area contributed by atoms with Crippen molar-refractivity contribution in [3.63, 3.8) is 0 Å². The summed E-state index contributed by atoms with van der Waals surface area (Å²) in [6, 6.07) is 16.7. The van der Waals surface area contributed by atoms with Gasteiger partial charge in [-0.05, 0) is 86.3 Å². The van der Waals surface area contributed by atoms with Gasteiger partial charge in [0.15, 0.2) is 0 Å². The lowest BCUT2D eigenvalue weighted by Gasteiger charge is -2.26. The molecule has 2 aromatic rings. The van der Waals surface area contributed by atoms with E-state index in [4.69, 9.17) is 9.47 Å². The molecular weight excluding hydrogens is 334 g/mol. The topological polar surface area (TPSA) is 21.7 Å². The second-order valence-electron chi connectivity index (χ2n) is 7.25. The molecule has 0 aliphatic carbocycles. The Balaban J connectivity index is 1.59. The highest BCUT2D eigenvalue weighted by molar-refractivity contribution is 5.89. The van der Waals surface area contributed by atoms with Crippen LogP contribution in [0, 0.1) is 0 Å². The van der Waals surface area contributed by atoms with Gasteiger partial charge in [-0.15, -0.1) is 0 Å². The summed E-state index contributed by atoms with van der Waals surface area (Å²) in [7, 11) is 1.69. The summed E-state index contributed by atoms with van der Waals surface area (Å²) in [5, 5.41) is 0. The second kappa shape index (κ2) is 9.61. The molecule has 1 aliphatic heterocycles. The average Bonchev–Trinajstić information content (AvgIpc) is 2.74. The third-order valence-corrected chi connectivity index (χ3v) is 5.50. The molecule has 3 nitrogen and oxygen atoms in total. The maximum atomic E-state index is 5.94. The first-order valence-electron chi connectivity index (χ1n) is 9.95. The molecular formula is C24H31NO2. The standard InChI is InChI=1S/C24H31NO2/c1-19(21-7-11-23(26-3)12-8-21)20(2)22-9-13-24(14-10-22)27-18-17-25-15-5-4-6-16-25/h7-14H,4-6,15-18H2,1-3H3/b20-19+. The zero-order valence-electron chi connectivity index (χ0n) is 16.8. The van der Waals surface area contributed by atoms with Gasteiger partial charge in [0.2, 0.25) is 0 Å². The van der Waals surface area contributed by atoms with E-state index in [9.17, 15) is 0 Å². The zero-order chi connectivity index (χ0) is 19.1. The number of rotatable bonds is 7. The summed E-state index contributed by atoms with van der Waals surface area (Å²) in [6.45, 7) is 8.57. The van der Waals surface area contributed by atoms with Crippen LogP contribution < -0.4 is 9.47 Å². The molecule has 0 saturated carbocycles. The van der Waals surface area contributed by atoms with Gasteiger partial charge < -0.3 is 9.47 Å². The molecule has 0 radical (unpaired) electrons. The molecule has 144 valence electrons. The minimum atomic E-state index is 0.763. The number of benzene rings is 2. The molecule has 0 unspecified atom stereocenters. The van der Waals surface area contributed by atoms with Crippen molar-refractivity contribution in [3.05, 3.63) is 59.7 Å². The molecule has 0 spiro atoms. The first kappa shape index (κ1) is 19.5. The lowest BCUT2D eigenvalue weighted by molar-refractivity contribution is 0.183. The van der Waals surface area contributed by atoms with Crippen LogP contribution in [0.2, 0.25) is 0 Å². The van der Waals surface area contributed by atoms with Crippen LogP contribution in [-0.2, 0) is 0 Å². The van der Waals surface area contributed by atoms with Crippen molar-refractivity contribution in [2.75, 3.05) is 33.4 Å². The van der Waals surface area contributed by atoms with Gasteiger partial charge >= 0.3 is 0 Å². The van der Waals surface area contributed by atoms with Gasteiger partial charge in [0.05, 0.1) is 7.11 Å². The first-order valence-corrected chi connectivity index (χ1v) is 9.95. The summed E-state index contributed by atoms with van der Waals surface area (Å²) >= 11 is 0. The van der Waals surface area contributed by atoms with Crippen molar-refractivity contribution in [2.24, 2.45) is 0 Å². The van der Waals surface area contributed by atoms with Gasteiger partial charge in [-0.3, -0.25) is 4.90 Å². The molecule has 3 rings (SSSR count). The summed E-state index contributed by atoms with van der Waals surface area (Å²) < 4.78 is 11.2. The number of hydrogen-bond donors (Lipinski definition) is 0. The SMILES string of the molecule is COc1ccc(/C(C)=C(\C)c2ccc(OCCN3CCCCC3)cc2)cc1. The number of allylic oxidation sites excluding steroid dienone is 2. The van der Waals surface area contributed by atoms with E-state index in [1.54, 1.807) is 7.11 Å². The molecule has 0 aromatic heterocycles. The number of ether oxygens (including phenoxy) is 2. The van der Waals surface area contributed by atoms with E-state index in [1.165, 1.54) is 54.6 Å². The monoisotopic (exact) mass is 365 g/mol. The van der Waals surface area contributed by atoms with Crippen LogP contribution in [0.4, 0.5) is 0 Å². The Bertz CT molecular complexity index is 741. The van der Waals surface area contributed by atoms with Crippen molar-refractivity contribution >= 4 is 11.1 Å². The minimum absolute atomic E-state index is 0.763. The fraction of sp³-hybridized carbons (Fsp3) is 0.417. The number of likely N-dealkylation sites (tertiary alicyclic amines) is 1. The van der Waals surface area contributed by atoms with Crippen molar-refractivity contribution in [1.82, 2.24) is 4.90 Å². The third-order valence-electron chi connectivity index (χ3n) is 5.50. The van der Waals surface area contributed by atoms with Crippen molar-refractivity contribution < 1.29 is 9.47 Å². The Morgan fingerprint density at radius 3 is 1.81 bits per heavy atom. The number of methoxy groups -OCH3 is 1. The van der Waals surface area contributed by atoms with E-state index in [1.807, 2.05) is 12.1 Å². The quantitative estimate of drug-likeness (QED) is 0.604. The fourth-order valence-electron chi connectivity index (χ4n) is 3.55. The Hall–Kier alpha value is -2.26. The first-order chi connectivity index (χ1) is 13.2. The molecule has 1 aliphatic rings. The van der Waals surface area contributed by atoms with E-state index in [0.29, 0.717) is 0 Å². The maximum absolute atomic E-state index is 5.94. The highest BCUT2D eigenvalue weighted by Crippen LogP contribution is 2.28. The molecule has 27 heavy (non-hydrogen) atoms. The Labute approximate surface area is 163 Å². The summed E-state index contributed by atoms with van der Waals surface area (Å²) in [6.07, 6.45) is 4.03. The maximum Gasteiger partial charge on any atom is 0.119 e. The van der Waals surface area contributed by atoms with Crippen LogP contribution in [0.1, 0.15) is 44.2 Å². The van der Waals surface area contributed by atoms with Crippen LogP contribution >= 0.6 is 0 Å². The molecule has 1 saturated heterocycles. The Morgan fingerprint density at radius 2 is 1.30 bits per heavy atom. The molecule has 0 N–H and O–H groups in total. The van der Waals surface area contributed by atoms with Crippen molar-refractivity contribution in [1.29, 1.82) is 0 Å². The smallest absolute Gasteiger partial charge is 0.119 e. The Kier molecular flexibility index (Phi) is 6.94. The highest BCUT2D eigenvalue weighted by atomic mass is 16.5. The van der Waals surface area contributed by atoms with Gasteiger partial charge in [0.25, 0.3) is 0 Å². The van der Waals surface area contributed by atoms with E-state index in [2.05, 4.69) is 55.1 Å². The molecule has 0 amide bonds. The molecule has 1 heterocycles. The number of nitrogens with zero attached hydrogens (tertiary/aromatic N) is 1. The molecule has 1 fully saturated rings. The highest BCUT2D eigenvalue weighted by Gasteiger charge is 2.09. The summed E-state index contributed by atoms with van der Waals surface area (Å²) in [5.41, 5.74) is 5.00. The van der Waals surface area contributed by atoms with Gasteiger partial charge in [-0.1, -0.05) is 30.7 Å². The normalized spacial score (nSPS) is 16.0. The fourth-order valence-corrected chi connectivity index (χ4v) is 3.55. The van der Waals surface area contributed by atoms with Gasteiger partial charge in [0, 0.05) is 6.54 Å². The van der Waals surface area contributed by atoms with Crippen LogP contribution in [0.15, 0.2) is 48.5 Å². The third kappa shape index (κ3) is 5.36. The molecule has 0 atom stereocenters. The summed E-state index contributed by atoms with van der Waals surface area (Å²) in [4.78, 5) is 2.50. The predicted molar refractivity (Wildman–Crippen MR) is 113 cm³/mol. The lowest BCUT2D eigenvalue weighted by Crippen LogP contribution is -2.33. The van der Waals surface area contributed by atoms with Crippen molar-refractivity contribution in [2.45, 2.75) is 33.1 Å². The van der Waals surface area contributed by atoms with Gasteiger partial charge in [-0.2, -0.15) is 0 Å². The summed E-state index contributed by atoms with van der Waals surface area (Å²) in [5.74, 6) is 1.83. The van der Waals surface area contributed by atoms with Gasteiger partial charge in [0.1, 0.15) is 18.1 Å². The number of piperidine rings is 1. The molecule has 2 aromatic carbocycles. The molecule has 0 bridgehead atoms. The van der Waals surface area contributed by atoms with E-state index in [0.717, 1.165) is 24.7 Å². The van der Waals surface area contributed by atoms with Crippen molar-refractivity contribution in [3.8, 4) is 11.5 Å². The zero-order valence-corrected chi connectivity index (χ0v) is 16.8. The number of hydrogen-bond acceptors (Lipinski definition) is 3.